The Kier molecular flexibility index (Phi) is 54.9. The van der Waals surface area contributed by atoms with Crippen LogP contribution in [0.5, 0.6) is 0 Å². The van der Waals surface area contributed by atoms with Gasteiger partial charge in [0.25, 0.3) is 0 Å². The highest BCUT2D eigenvalue weighted by molar-refractivity contribution is 5.69. The van der Waals surface area contributed by atoms with E-state index in [4.69, 9.17) is 4.74 Å². The first-order valence-electron chi connectivity index (χ1n) is 25.8. The third-order valence-corrected chi connectivity index (χ3v) is 11.7. The molecule has 0 atom stereocenters. The molecule has 0 aliphatic carbocycles. The summed E-state index contributed by atoms with van der Waals surface area (Å²) in [7, 11) is 1.47. The Bertz CT molecular complexity index is 722. The number of carbonyl (C=O) groups excluding carboxylic acids is 2. The largest absolute Gasteiger partial charge is 0.469 e. The monoisotopic (exact) mass is 793 g/mol. The zero-order chi connectivity index (χ0) is 41.1. The summed E-state index contributed by atoms with van der Waals surface area (Å²) in [5.74, 6) is -0.0718. The molecule has 0 amide bonds. The van der Waals surface area contributed by atoms with Crippen molar-refractivity contribution in [1.29, 1.82) is 0 Å². The molecule has 0 aromatic carbocycles. The van der Waals surface area contributed by atoms with Gasteiger partial charge in [0, 0.05) is 12.8 Å². The SMILES string of the molecule is CCCCCCCCCCCCCCCCCCCCCCC(=O)OC.CCCCCCCCCCCCCCCCCCCCCCCCC(=O)OCCC. The molecule has 336 valence electrons. The average Bonchev–Trinajstić information content (AvgIpc) is 3.21. The van der Waals surface area contributed by atoms with Crippen LogP contribution < -0.4 is 0 Å². The maximum absolute atomic E-state index is 11.4. The van der Waals surface area contributed by atoms with E-state index < -0.39 is 0 Å². The number of rotatable bonds is 46. The zero-order valence-electron chi connectivity index (χ0n) is 39.2. The first-order chi connectivity index (χ1) is 27.6. The van der Waals surface area contributed by atoms with E-state index in [1.54, 1.807) is 0 Å². The number of hydrogen-bond donors (Lipinski definition) is 0. The quantitative estimate of drug-likeness (QED) is 0.0455. The lowest BCUT2D eigenvalue weighted by atomic mass is 10.0. The summed E-state index contributed by atoms with van der Waals surface area (Å²) >= 11 is 0. The van der Waals surface area contributed by atoms with E-state index >= 15 is 0 Å². The molecule has 0 rings (SSSR count). The minimum absolute atomic E-state index is 0.00924. The number of ether oxygens (including phenoxy) is 2. The van der Waals surface area contributed by atoms with Crippen molar-refractivity contribution in [2.45, 2.75) is 310 Å². The van der Waals surface area contributed by atoms with Gasteiger partial charge in [0.2, 0.25) is 0 Å². The third kappa shape index (κ3) is 55.0. The lowest BCUT2D eigenvalue weighted by molar-refractivity contribution is -0.144. The van der Waals surface area contributed by atoms with Gasteiger partial charge in [-0.2, -0.15) is 0 Å². The van der Waals surface area contributed by atoms with Crippen molar-refractivity contribution in [3.63, 3.8) is 0 Å². The van der Waals surface area contributed by atoms with Gasteiger partial charge in [-0.1, -0.05) is 278 Å². The molecular weight excluding hydrogens is 689 g/mol. The van der Waals surface area contributed by atoms with Gasteiger partial charge in [0.15, 0.2) is 0 Å². The van der Waals surface area contributed by atoms with E-state index in [2.05, 4.69) is 18.6 Å². The van der Waals surface area contributed by atoms with Crippen molar-refractivity contribution >= 4 is 11.9 Å². The summed E-state index contributed by atoms with van der Waals surface area (Å²) in [4.78, 5) is 22.4. The molecule has 0 radical (unpaired) electrons. The molecule has 4 heteroatoms. The van der Waals surface area contributed by atoms with Crippen molar-refractivity contribution in [3.05, 3.63) is 0 Å². The van der Waals surface area contributed by atoms with E-state index in [9.17, 15) is 9.59 Å². The van der Waals surface area contributed by atoms with Crippen LogP contribution in [0.3, 0.4) is 0 Å². The average molecular weight is 793 g/mol. The fourth-order valence-corrected chi connectivity index (χ4v) is 7.79. The first kappa shape index (κ1) is 57.0. The molecule has 0 bridgehead atoms. The Morgan fingerprint density at radius 1 is 0.268 bits per heavy atom. The molecule has 56 heavy (non-hydrogen) atoms. The molecule has 0 heterocycles. The van der Waals surface area contributed by atoms with E-state index in [1.807, 2.05) is 6.92 Å². The van der Waals surface area contributed by atoms with E-state index in [-0.39, 0.29) is 11.9 Å². The normalized spacial score (nSPS) is 11.1. The number of esters is 2. The van der Waals surface area contributed by atoms with E-state index in [0.717, 1.165) is 19.3 Å². The summed E-state index contributed by atoms with van der Waals surface area (Å²) in [5, 5.41) is 0. The highest BCUT2D eigenvalue weighted by Crippen LogP contribution is 2.17. The summed E-state index contributed by atoms with van der Waals surface area (Å²) in [6, 6.07) is 0. The Hall–Kier alpha value is -1.06. The van der Waals surface area contributed by atoms with Gasteiger partial charge in [-0.05, 0) is 19.3 Å². The molecule has 0 fully saturated rings. The predicted octanol–water partition coefficient (Wildman–Crippen LogP) is 18.3. The van der Waals surface area contributed by atoms with Crippen LogP contribution in [0.25, 0.3) is 0 Å². The minimum Gasteiger partial charge on any atom is -0.469 e. The molecular formula is C52H104O4. The highest BCUT2D eigenvalue weighted by Gasteiger charge is 2.02. The number of hydrogen-bond acceptors (Lipinski definition) is 4. The fourth-order valence-electron chi connectivity index (χ4n) is 7.79. The topological polar surface area (TPSA) is 52.6 Å². The molecule has 0 aromatic rings. The highest BCUT2D eigenvalue weighted by atomic mass is 16.5. The third-order valence-electron chi connectivity index (χ3n) is 11.7. The minimum atomic E-state index is -0.0626. The van der Waals surface area contributed by atoms with E-state index in [0.29, 0.717) is 19.4 Å². The van der Waals surface area contributed by atoms with Crippen LogP contribution in [0, 0.1) is 0 Å². The molecule has 0 aromatic heterocycles. The molecule has 0 saturated heterocycles. The fraction of sp³-hybridized carbons (Fsp3) is 0.962. The molecule has 0 unspecified atom stereocenters. The van der Waals surface area contributed by atoms with Gasteiger partial charge in [0.1, 0.15) is 0 Å². The number of unbranched alkanes of at least 4 members (excludes halogenated alkanes) is 40. The molecule has 0 N–H and O–H groups in total. The van der Waals surface area contributed by atoms with Gasteiger partial charge >= 0.3 is 11.9 Å². The van der Waals surface area contributed by atoms with Crippen molar-refractivity contribution in [1.82, 2.24) is 0 Å². The number of methoxy groups -OCH3 is 1. The van der Waals surface area contributed by atoms with Gasteiger partial charge in [-0.15, -0.1) is 0 Å². The predicted molar refractivity (Wildman–Crippen MR) is 248 cm³/mol. The van der Waals surface area contributed by atoms with Gasteiger partial charge in [0.05, 0.1) is 13.7 Å². The van der Waals surface area contributed by atoms with Gasteiger partial charge < -0.3 is 9.47 Å². The lowest BCUT2D eigenvalue weighted by Crippen LogP contribution is -2.04. The second kappa shape index (κ2) is 53.9. The van der Waals surface area contributed by atoms with Crippen molar-refractivity contribution in [2.75, 3.05) is 13.7 Å². The second-order valence-corrected chi connectivity index (χ2v) is 17.4. The van der Waals surface area contributed by atoms with Crippen molar-refractivity contribution in [2.24, 2.45) is 0 Å². The summed E-state index contributed by atoms with van der Waals surface area (Å²) in [5.41, 5.74) is 0. The standard InChI is InChI=1S/C28H56O2.C24H48O2/c1-3-5-6-7-8-9-10-11-12-13-14-15-16-17-18-19-20-21-22-23-24-25-26-28(29)30-27-4-2;1-3-4-5-6-7-8-9-10-11-12-13-14-15-16-17-18-19-20-21-22-23-24(25)26-2/h3-27H2,1-2H3;3-23H2,1-2H3. The Morgan fingerprint density at radius 3 is 0.661 bits per heavy atom. The van der Waals surface area contributed by atoms with Crippen LogP contribution in [-0.4, -0.2) is 25.7 Å². The smallest absolute Gasteiger partial charge is 0.305 e. The van der Waals surface area contributed by atoms with E-state index in [1.165, 1.54) is 264 Å². The van der Waals surface area contributed by atoms with Crippen LogP contribution >= 0.6 is 0 Å². The lowest BCUT2D eigenvalue weighted by Gasteiger charge is -2.04. The maximum Gasteiger partial charge on any atom is 0.305 e. The summed E-state index contributed by atoms with van der Waals surface area (Å²) < 4.78 is 9.75. The summed E-state index contributed by atoms with van der Waals surface area (Å²) in [6.45, 7) is 7.20. The van der Waals surface area contributed by atoms with Gasteiger partial charge in [-0.25, -0.2) is 0 Å². The van der Waals surface area contributed by atoms with Gasteiger partial charge in [-0.3, -0.25) is 9.59 Å². The van der Waals surface area contributed by atoms with Crippen molar-refractivity contribution in [3.8, 4) is 0 Å². The first-order valence-corrected chi connectivity index (χ1v) is 25.8. The second-order valence-electron chi connectivity index (χ2n) is 17.4. The molecule has 4 nitrogen and oxygen atoms in total. The molecule has 0 saturated carbocycles. The van der Waals surface area contributed by atoms with Crippen molar-refractivity contribution < 1.29 is 19.1 Å². The molecule has 0 spiro atoms. The summed E-state index contributed by atoms with van der Waals surface area (Å²) in [6.07, 6.45) is 60.6. The Morgan fingerprint density at radius 2 is 0.464 bits per heavy atom. The van der Waals surface area contributed by atoms with Crippen LogP contribution in [-0.2, 0) is 19.1 Å². The zero-order valence-corrected chi connectivity index (χ0v) is 39.2. The van der Waals surface area contributed by atoms with Crippen LogP contribution in [0.2, 0.25) is 0 Å². The maximum atomic E-state index is 11.4. The van der Waals surface area contributed by atoms with Crippen LogP contribution in [0.15, 0.2) is 0 Å². The molecule has 0 aliphatic rings. The number of carbonyl (C=O) groups is 2. The molecule has 0 aliphatic heterocycles. The van der Waals surface area contributed by atoms with Crippen LogP contribution in [0.4, 0.5) is 0 Å². The Balaban J connectivity index is 0. The van der Waals surface area contributed by atoms with Crippen LogP contribution in [0.1, 0.15) is 310 Å². The Labute approximate surface area is 353 Å².